The zero-order valence-corrected chi connectivity index (χ0v) is 10.4. The van der Waals surface area contributed by atoms with Crippen molar-refractivity contribution in [2.24, 2.45) is 5.73 Å². The summed E-state index contributed by atoms with van der Waals surface area (Å²) in [5.74, 6) is 0.455. The number of amidine groups is 1. The smallest absolute Gasteiger partial charge is 0.140 e. The molecule has 0 saturated carbocycles. The summed E-state index contributed by atoms with van der Waals surface area (Å²) in [5.41, 5.74) is 5.99. The van der Waals surface area contributed by atoms with E-state index >= 15 is 0 Å². The molecule has 0 bridgehead atoms. The van der Waals surface area contributed by atoms with Crippen molar-refractivity contribution < 1.29 is 4.74 Å². The van der Waals surface area contributed by atoms with Crippen LogP contribution in [0.25, 0.3) is 0 Å². The van der Waals surface area contributed by atoms with Gasteiger partial charge in [-0.05, 0) is 18.2 Å². The van der Waals surface area contributed by atoms with Gasteiger partial charge in [0.2, 0.25) is 0 Å². The van der Waals surface area contributed by atoms with Crippen molar-refractivity contribution in [3.05, 3.63) is 45.4 Å². The van der Waals surface area contributed by atoms with Gasteiger partial charge in [-0.25, -0.2) is 4.98 Å². The minimum atomic E-state index is -0.0456. The van der Waals surface area contributed by atoms with E-state index in [1.807, 2.05) is 5.38 Å². The largest absolute Gasteiger partial charge is 0.486 e. The van der Waals surface area contributed by atoms with Crippen LogP contribution >= 0.6 is 22.9 Å². The molecule has 0 unspecified atom stereocenters. The number of ether oxygens (including phenoxy) is 1. The summed E-state index contributed by atoms with van der Waals surface area (Å²) in [4.78, 5) is 4.10. The molecule has 88 valence electrons. The average molecular weight is 268 g/mol. The molecule has 0 fully saturated rings. The van der Waals surface area contributed by atoms with Crippen LogP contribution in [0.1, 0.15) is 10.6 Å². The monoisotopic (exact) mass is 267 g/mol. The minimum absolute atomic E-state index is 0.0456. The molecule has 0 aliphatic rings. The number of rotatable bonds is 4. The van der Waals surface area contributed by atoms with Gasteiger partial charge in [-0.3, -0.25) is 5.41 Å². The van der Waals surface area contributed by atoms with Gasteiger partial charge >= 0.3 is 0 Å². The van der Waals surface area contributed by atoms with E-state index in [1.165, 1.54) is 11.3 Å². The zero-order valence-electron chi connectivity index (χ0n) is 8.81. The molecule has 4 nitrogen and oxygen atoms in total. The second-order valence-corrected chi connectivity index (χ2v) is 4.68. The number of nitrogen functional groups attached to an aromatic ring is 1. The van der Waals surface area contributed by atoms with E-state index < -0.39 is 0 Å². The molecule has 1 heterocycles. The molecule has 2 aromatic rings. The summed E-state index contributed by atoms with van der Waals surface area (Å²) < 4.78 is 5.57. The molecule has 3 N–H and O–H groups in total. The molecule has 0 aliphatic heterocycles. The van der Waals surface area contributed by atoms with E-state index in [0.717, 1.165) is 5.01 Å². The van der Waals surface area contributed by atoms with Crippen molar-refractivity contribution in [2.75, 3.05) is 0 Å². The molecule has 1 aromatic carbocycles. The molecule has 0 aliphatic carbocycles. The Bertz CT molecular complexity index is 528. The fourth-order valence-electron chi connectivity index (χ4n) is 1.30. The quantitative estimate of drug-likeness (QED) is 0.661. The highest BCUT2D eigenvalue weighted by Gasteiger charge is 2.08. The van der Waals surface area contributed by atoms with Gasteiger partial charge in [-0.15, -0.1) is 11.3 Å². The Kier molecular flexibility index (Phi) is 3.61. The first-order valence-electron chi connectivity index (χ1n) is 4.82. The summed E-state index contributed by atoms with van der Waals surface area (Å²) in [6.07, 6.45) is 1.72. The van der Waals surface area contributed by atoms with Crippen LogP contribution in [-0.4, -0.2) is 10.8 Å². The van der Waals surface area contributed by atoms with E-state index in [-0.39, 0.29) is 5.84 Å². The molecule has 6 heteroatoms. The number of benzene rings is 1. The summed E-state index contributed by atoms with van der Waals surface area (Å²) in [6, 6.07) is 4.99. The van der Waals surface area contributed by atoms with Gasteiger partial charge in [0.1, 0.15) is 23.2 Å². The van der Waals surface area contributed by atoms with Gasteiger partial charge in [-0.1, -0.05) is 11.6 Å². The van der Waals surface area contributed by atoms with Crippen LogP contribution in [0.2, 0.25) is 5.02 Å². The number of halogens is 1. The molecular formula is C11H10ClN3OS. The maximum absolute atomic E-state index is 7.44. The van der Waals surface area contributed by atoms with Crippen molar-refractivity contribution in [1.29, 1.82) is 5.41 Å². The summed E-state index contributed by atoms with van der Waals surface area (Å²) in [6.45, 7) is 0.346. The fourth-order valence-corrected chi connectivity index (χ4v) is 1.99. The standard InChI is InChI=1S/C11H10ClN3OS/c12-7-1-2-8(11(13)14)9(5-7)16-6-10-15-3-4-17-10/h1-5H,6H2,(H3,13,14). The highest BCUT2D eigenvalue weighted by atomic mass is 35.5. The van der Waals surface area contributed by atoms with Crippen molar-refractivity contribution in [1.82, 2.24) is 4.98 Å². The van der Waals surface area contributed by atoms with Crippen LogP contribution in [0.15, 0.2) is 29.8 Å². The molecular weight excluding hydrogens is 258 g/mol. The Morgan fingerprint density at radius 1 is 1.53 bits per heavy atom. The van der Waals surface area contributed by atoms with Gasteiger partial charge in [0, 0.05) is 16.6 Å². The third-order valence-corrected chi connectivity index (χ3v) is 3.06. The minimum Gasteiger partial charge on any atom is -0.486 e. The topological polar surface area (TPSA) is 72.0 Å². The number of nitrogens with zero attached hydrogens (tertiary/aromatic N) is 1. The Morgan fingerprint density at radius 3 is 3.00 bits per heavy atom. The number of aromatic nitrogens is 1. The van der Waals surface area contributed by atoms with Gasteiger partial charge in [0.25, 0.3) is 0 Å². The van der Waals surface area contributed by atoms with Crippen LogP contribution in [0.3, 0.4) is 0 Å². The van der Waals surface area contributed by atoms with Gasteiger partial charge in [0.15, 0.2) is 0 Å². The Labute approximate surface area is 108 Å². The lowest BCUT2D eigenvalue weighted by molar-refractivity contribution is 0.305. The third-order valence-electron chi connectivity index (χ3n) is 2.07. The van der Waals surface area contributed by atoms with Gasteiger partial charge in [-0.2, -0.15) is 0 Å². The normalized spacial score (nSPS) is 10.2. The summed E-state index contributed by atoms with van der Waals surface area (Å²) >= 11 is 7.38. The van der Waals surface area contributed by atoms with Crippen LogP contribution in [0, 0.1) is 5.41 Å². The first-order chi connectivity index (χ1) is 8.16. The van der Waals surface area contributed by atoms with Crippen molar-refractivity contribution in [3.63, 3.8) is 0 Å². The van der Waals surface area contributed by atoms with E-state index in [0.29, 0.717) is 22.9 Å². The van der Waals surface area contributed by atoms with Crippen LogP contribution in [-0.2, 0) is 6.61 Å². The van der Waals surface area contributed by atoms with E-state index in [9.17, 15) is 0 Å². The SMILES string of the molecule is N=C(N)c1ccc(Cl)cc1OCc1nccs1. The van der Waals surface area contributed by atoms with Gasteiger partial charge < -0.3 is 10.5 Å². The second kappa shape index (κ2) is 5.16. The zero-order chi connectivity index (χ0) is 12.3. The Morgan fingerprint density at radius 2 is 2.35 bits per heavy atom. The summed E-state index contributed by atoms with van der Waals surface area (Å²) in [7, 11) is 0. The molecule has 2 rings (SSSR count). The first kappa shape index (κ1) is 11.9. The van der Waals surface area contributed by atoms with Crippen molar-refractivity contribution in [2.45, 2.75) is 6.61 Å². The molecule has 0 spiro atoms. The first-order valence-corrected chi connectivity index (χ1v) is 6.07. The maximum atomic E-state index is 7.44. The lowest BCUT2D eigenvalue weighted by atomic mass is 10.2. The molecule has 0 atom stereocenters. The molecule has 1 aromatic heterocycles. The van der Waals surface area contributed by atoms with Crippen LogP contribution in [0.5, 0.6) is 5.75 Å². The van der Waals surface area contributed by atoms with E-state index in [2.05, 4.69) is 4.98 Å². The lowest BCUT2D eigenvalue weighted by Gasteiger charge is -2.09. The molecule has 0 amide bonds. The molecule has 17 heavy (non-hydrogen) atoms. The van der Waals surface area contributed by atoms with Gasteiger partial charge in [0.05, 0.1) is 5.56 Å². The number of hydrogen-bond acceptors (Lipinski definition) is 4. The summed E-state index contributed by atoms with van der Waals surface area (Å²) in [5, 5.41) is 10.7. The number of nitrogens with one attached hydrogen (secondary N) is 1. The Balaban J connectivity index is 2.19. The number of thiazole rings is 1. The predicted octanol–water partition coefficient (Wildman–Crippen LogP) is 2.66. The fraction of sp³-hybridized carbons (Fsp3) is 0.0909. The van der Waals surface area contributed by atoms with Crippen molar-refractivity contribution in [3.8, 4) is 5.75 Å². The lowest BCUT2D eigenvalue weighted by Crippen LogP contribution is -2.13. The van der Waals surface area contributed by atoms with E-state index in [4.69, 9.17) is 27.5 Å². The predicted molar refractivity (Wildman–Crippen MR) is 68.9 cm³/mol. The van der Waals surface area contributed by atoms with E-state index in [1.54, 1.807) is 24.4 Å². The maximum Gasteiger partial charge on any atom is 0.140 e. The number of hydrogen-bond donors (Lipinski definition) is 2. The third kappa shape index (κ3) is 2.95. The molecule has 0 saturated heterocycles. The van der Waals surface area contributed by atoms with Crippen LogP contribution in [0.4, 0.5) is 0 Å². The highest BCUT2D eigenvalue weighted by Crippen LogP contribution is 2.24. The number of nitrogens with two attached hydrogens (primary N) is 1. The Hall–Kier alpha value is -1.59. The second-order valence-electron chi connectivity index (χ2n) is 3.27. The molecule has 0 radical (unpaired) electrons. The van der Waals surface area contributed by atoms with Crippen LogP contribution < -0.4 is 10.5 Å². The van der Waals surface area contributed by atoms with Crippen molar-refractivity contribution >= 4 is 28.8 Å². The highest BCUT2D eigenvalue weighted by molar-refractivity contribution is 7.09. The average Bonchev–Trinajstić information content (AvgIpc) is 2.78.